The first-order valence-corrected chi connectivity index (χ1v) is 3.22. The largest absolute Gasteiger partial charge is 0.296 e. The number of hydrogen-bond donors (Lipinski definition) is 0. The normalized spacial score (nSPS) is 11.9. The van der Waals surface area contributed by atoms with Crippen LogP contribution in [0.25, 0.3) is 0 Å². The van der Waals surface area contributed by atoms with Gasteiger partial charge in [-0.05, 0) is 19.2 Å². The quantitative estimate of drug-likeness (QED) is 0.414. The van der Waals surface area contributed by atoms with Crippen molar-refractivity contribution in [3.63, 3.8) is 0 Å². The molecule has 0 aromatic carbocycles. The Labute approximate surface area is 62.5 Å². The third-order valence-electron chi connectivity index (χ3n) is 1.01. The van der Waals surface area contributed by atoms with Crippen LogP contribution in [0.4, 0.5) is 0 Å². The molecule has 1 heteroatoms. The highest BCUT2D eigenvalue weighted by Crippen LogP contribution is 1.96. The van der Waals surface area contributed by atoms with E-state index in [4.69, 9.17) is 0 Å². The Bertz CT molecular complexity index is 164. The fourth-order valence-electron chi connectivity index (χ4n) is 0.656. The second kappa shape index (κ2) is 6.02. The maximum absolute atomic E-state index is 3.76. The molecule has 0 amide bonds. The van der Waals surface area contributed by atoms with E-state index in [9.17, 15) is 0 Å². The average molecular weight is 135 g/mol. The van der Waals surface area contributed by atoms with Gasteiger partial charge in [0.25, 0.3) is 0 Å². The lowest BCUT2D eigenvalue weighted by Crippen LogP contribution is -1.81. The molecule has 1 nitrogen and oxygen atoms in total. The Morgan fingerprint density at radius 3 is 2.70 bits per heavy atom. The van der Waals surface area contributed by atoms with Crippen LogP contribution in [0.1, 0.15) is 6.92 Å². The lowest BCUT2D eigenvalue weighted by Gasteiger charge is -1.92. The summed E-state index contributed by atoms with van der Waals surface area (Å²) < 4.78 is 0. The van der Waals surface area contributed by atoms with Crippen molar-refractivity contribution in [2.24, 2.45) is 4.99 Å². The first-order valence-electron chi connectivity index (χ1n) is 3.22. The minimum atomic E-state index is 0.663. The number of nitrogens with zero attached hydrogens (tertiary/aromatic N) is 1. The van der Waals surface area contributed by atoms with Gasteiger partial charge in [0, 0.05) is 0 Å². The SMILES string of the molecule is C=C/C=C(/C=C\C)CN=C. The first-order chi connectivity index (χ1) is 4.85. The van der Waals surface area contributed by atoms with E-state index in [1.165, 1.54) is 0 Å². The molecule has 0 fully saturated rings. The van der Waals surface area contributed by atoms with Crippen molar-refractivity contribution >= 4 is 6.72 Å². The van der Waals surface area contributed by atoms with E-state index < -0.39 is 0 Å². The van der Waals surface area contributed by atoms with Crippen molar-refractivity contribution in [3.05, 3.63) is 36.5 Å². The molecule has 0 saturated heterocycles. The number of aliphatic imine (C=N–C) groups is 1. The smallest absolute Gasteiger partial charge is 0.0632 e. The van der Waals surface area contributed by atoms with Gasteiger partial charge in [0.05, 0.1) is 6.54 Å². The van der Waals surface area contributed by atoms with Crippen LogP contribution in [0, 0.1) is 0 Å². The summed E-state index contributed by atoms with van der Waals surface area (Å²) in [6, 6.07) is 0. The highest BCUT2D eigenvalue weighted by Gasteiger charge is 1.84. The van der Waals surface area contributed by atoms with E-state index in [2.05, 4.69) is 18.3 Å². The van der Waals surface area contributed by atoms with Crippen LogP contribution >= 0.6 is 0 Å². The standard InChI is InChI=1S/C9H13N/c1-4-6-9(7-5-2)8-10-3/h4-7H,1,3,8H2,2H3/b7-5-,9-6-. The van der Waals surface area contributed by atoms with Crippen molar-refractivity contribution in [3.8, 4) is 0 Å². The van der Waals surface area contributed by atoms with Gasteiger partial charge in [0.1, 0.15) is 0 Å². The van der Waals surface area contributed by atoms with E-state index in [-0.39, 0.29) is 0 Å². The zero-order valence-corrected chi connectivity index (χ0v) is 6.38. The molecule has 0 aliphatic carbocycles. The minimum Gasteiger partial charge on any atom is -0.296 e. The monoisotopic (exact) mass is 135 g/mol. The minimum absolute atomic E-state index is 0.663. The fourth-order valence-corrected chi connectivity index (χ4v) is 0.656. The predicted octanol–water partition coefficient (Wildman–Crippen LogP) is 2.38. The van der Waals surface area contributed by atoms with E-state index >= 15 is 0 Å². The van der Waals surface area contributed by atoms with Gasteiger partial charge in [0.2, 0.25) is 0 Å². The highest BCUT2D eigenvalue weighted by molar-refractivity contribution is 5.29. The van der Waals surface area contributed by atoms with Crippen molar-refractivity contribution in [2.45, 2.75) is 6.92 Å². The zero-order chi connectivity index (χ0) is 7.82. The molecule has 0 aliphatic heterocycles. The molecule has 0 unspecified atom stereocenters. The van der Waals surface area contributed by atoms with Crippen LogP contribution < -0.4 is 0 Å². The molecule has 0 heterocycles. The Hall–Kier alpha value is -1.11. The van der Waals surface area contributed by atoms with E-state index in [0.29, 0.717) is 6.54 Å². The summed E-state index contributed by atoms with van der Waals surface area (Å²) in [5.41, 5.74) is 1.13. The van der Waals surface area contributed by atoms with Gasteiger partial charge in [-0.2, -0.15) is 0 Å². The predicted molar refractivity (Wildman–Crippen MR) is 47.5 cm³/mol. The second-order valence-electron chi connectivity index (χ2n) is 1.86. The summed E-state index contributed by atoms with van der Waals surface area (Å²) in [4.78, 5) is 3.76. The first kappa shape index (κ1) is 8.89. The van der Waals surface area contributed by atoms with Gasteiger partial charge < -0.3 is 0 Å². The molecule has 54 valence electrons. The van der Waals surface area contributed by atoms with Gasteiger partial charge >= 0.3 is 0 Å². The summed E-state index contributed by atoms with van der Waals surface area (Å²) in [7, 11) is 0. The molecule has 0 spiro atoms. The Kier molecular flexibility index (Phi) is 5.35. The van der Waals surface area contributed by atoms with Gasteiger partial charge in [-0.15, -0.1) is 0 Å². The van der Waals surface area contributed by atoms with E-state index in [1.54, 1.807) is 6.08 Å². The highest BCUT2D eigenvalue weighted by atomic mass is 14.7. The molecule has 0 aromatic rings. The Balaban J connectivity index is 4.09. The summed E-state index contributed by atoms with van der Waals surface area (Å²) in [5, 5.41) is 0. The molecule has 0 saturated carbocycles. The molecular weight excluding hydrogens is 122 g/mol. The number of rotatable bonds is 4. The average Bonchev–Trinajstić information content (AvgIpc) is 1.90. The van der Waals surface area contributed by atoms with E-state index in [0.717, 1.165) is 5.57 Å². The van der Waals surface area contributed by atoms with E-state index in [1.807, 2.05) is 25.2 Å². The Morgan fingerprint density at radius 1 is 1.60 bits per heavy atom. The van der Waals surface area contributed by atoms with Gasteiger partial charge in [-0.25, -0.2) is 0 Å². The fraction of sp³-hybridized carbons (Fsp3) is 0.222. The molecule has 0 aliphatic rings. The maximum Gasteiger partial charge on any atom is 0.0632 e. The molecule has 0 atom stereocenters. The lowest BCUT2D eigenvalue weighted by molar-refractivity contribution is 1.20. The molecule has 0 N–H and O–H groups in total. The van der Waals surface area contributed by atoms with Gasteiger partial charge in [-0.1, -0.05) is 30.9 Å². The van der Waals surface area contributed by atoms with Gasteiger partial charge in [-0.3, -0.25) is 4.99 Å². The molecule has 0 aromatic heterocycles. The van der Waals surface area contributed by atoms with Crippen LogP contribution in [-0.4, -0.2) is 13.3 Å². The lowest BCUT2D eigenvalue weighted by atomic mass is 10.2. The Morgan fingerprint density at radius 2 is 2.30 bits per heavy atom. The summed E-state index contributed by atoms with van der Waals surface area (Å²) in [6.07, 6.45) is 7.64. The van der Waals surface area contributed by atoms with Crippen LogP contribution in [-0.2, 0) is 0 Å². The van der Waals surface area contributed by atoms with Crippen LogP contribution in [0.15, 0.2) is 41.4 Å². The summed E-state index contributed by atoms with van der Waals surface area (Å²) >= 11 is 0. The number of allylic oxidation sites excluding steroid dienone is 3. The van der Waals surface area contributed by atoms with Crippen LogP contribution in [0.2, 0.25) is 0 Å². The van der Waals surface area contributed by atoms with Crippen molar-refractivity contribution in [2.75, 3.05) is 6.54 Å². The molecule has 0 rings (SSSR count). The van der Waals surface area contributed by atoms with Crippen molar-refractivity contribution in [1.29, 1.82) is 0 Å². The maximum atomic E-state index is 3.76. The molecule has 0 bridgehead atoms. The molecular formula is C9H13N. The number of hydrogen-bond acceptors (Lipinski definition) is 1. The molecule has 10 heavy (non-hydrogen) atoms. The van der Waals surface area contributed by atoms with Crippen LogP contribution in [0.3, 0.4) is 0 Å². The summed E-state index contributed by atoms with van der Waals surface area (Å²) in [5.74, 6) is 0. The third-order valence-corrected chi connectivity index (χ3v) is 1.01. The second-order valence-corrected chi connectivity index (χ2v) is 1.86. The van der Waals surface area contributed by atoms with Crippen molar-refractivity contribution in [1.82, 2.24) is 0 Å². The van der Waals surface area contributed by atoms with Crippen LogP contribution in [0.5, 0.6) is 0 Å². The third kappa shape index (κ3) is 3.84. The summed E-state index contributed by atoms with van der Waals surface area (Å²) in [6.45, 7) is 9.63. The zero-order valence-electron chi connectivity index (χ0n) is 6.38. The topological polar surface area (TPSA) is 12.4 Å². The molecule has 0 radical (unpaired) electrons. The van der Waals surface area contributed by atoms with Crippen molar-refractivity contribution < 1.29 is 0 Å². The van der Waals surface area contributed by atoms with Gasteiger partial charge in [0.15, 0.2) is 0 Å².